The molecule has 0 aliphatic rings. The van der Waals surface area contributed by atoms with Gasteiger partial charge in [0.1, 0.15) is 0 Å². The van der Waals surface area contributed by atoms with Crippen molar-refractivity contribution in [3.63, 3.8) is 0 Å². The third-order valence-electron chi connectivity index (χ3n) is 3.29. The molecule has 0 saturated heterocycles. The van der Waals surface area contributed by atoms with E-state index in [0.29, 0.717) is 0 Å². The summed E-state index contributed by atoms with van der Waals surface area (Å²) in [6.07, 6.45) is 0. The second-order valence-corrected chi connectivity index (χ2v) is 6.54. The van der Waals surface area contributed by atoms with E-state index in [1.54, 1.807) is 0 Å². The molecule has 0 aliphatic carbocycles. The summed E-state index contributed by atoms with van der Waals surface area (Å²) in [5.41, 5.74) is 2.37. The first-order chi connectivity index (χ1) is 9.47. The molecule has 2 unspecified atom stereocenters. The van der Waals surface area contributed by atoms with Gasteiger partial charge in [0.25, 0.3) is 0 Å². The normalized spacial score (nSPS) is 14.1. The Morgan fingerprint density at radius 2 is 1.60 bits per heavy atom. The van der Waals surface area contributed by atoms with Gasteiger partial charge in [0.2, 0.25) is 0 Å². The van der Waals surface area contributed by atoms with E-state index in [4.69, 9.17) is 23.2 Å². The molecule has 2 atom stereocenters. The number of hydrogen-bond acceptors (Lipinski definition) is 1. The van der Waals surface area contributed by atoms with Crippen LogP contribution in [0.4, 0.5) is 0 Å². The summed E-state index contributed by atoms with van der Waals surface area (Å²) in [6, 6.07) is 14.4. The molecular formula is C16H16BrCl2N. The lowest BCUT2D eigenvalue weighted by molar-refractivity contribution is 0.494. The average molecular weight is 373 g/mol. The van der Waals surface area contributed by atoms with Crippen LogP contribution in [0.15, 0.2) is 46.9 Å². The van der Waals surface area contributed by atoms with Gasteiger partial charge in [0.05, 0.1) is 5.02 Å². The highest BCUT2D eigenvalue weighted by Crippen LogP contribution is 2.27. The number of nitrogens with one attached hydrogen (secondary N) is 1. The smallest absolute Gasteiger partial charge is 0.0548 e. The van der Waals surface area contributed by atoms with Crippen LogP contribution in [0.5, 0.6) is 0 Å². The van der Waals surface area contributed by atoms with Gasteiger partial charge in [0, 0.05) is 21.6 Å². The van der Waals surface area contributed by atoms with Crippen LogP contribution in [0.25, 0.3) is 0 Å². The molecule has 0 aliphatic heterocycles. The topological polar surface area (TPSA) is 12.0 Å². The van der Waals surface area contributed by atoms with Gasteiger partial charge in [-0.25, -0.2) is 0 Å². The summed E-state index contributed by atoms with van der Waals surface area (Å²) in [6.45, 7) is 4.27. The SMILES string of the molecule is CC(NC(C)c1ccc(Cl)c(Br)c1)c1cccc(Cl)c1. The Morgan fingerprint density at radius 1 is 0.950 bits per heavy atom. The van der Waals surface area contributed by atoms with Crippen molar-refractivity contribution in [1.82, 2.24) is 5.32 Å². The highest BCUT2D eigenvalue weighted by Gasteiger charge is 2.12. The van der Waals surface area contributed by atoms with Gasteiger partial charge in [-0.3, -0.25) is 0 Å². The molecular weight excluding hydrogens is 357 g/mol. The molecule has 0 fully saturated rings. The lowest BCUT2D eigenvalue weighted by Crippen LogP contribution is -2.22. The molecule has 0 radical (unpaired) electrons. The first-order valence-electron chi connectivity index (χ1n) is 6.44. The summed E-state index contributed by atoms with van der Waals surface area (Å²) in [5.74, 6) is 0. The Kier molecular flexibility index (Phi) is 5.50. The van der Waals surface area contributed by atoms with Crippen LogP contribution in [0.3, 0.4) is 0 Å². The Bertz CT molecular complexity index is 601. The highest BCUT2D eigenvalue weighted by molar-refractivity contribution is 9.10. The molecule has 0 bridgehead atoms. The van der Waals surface area contributed by atoms with Gasteiger partial charge in [-0.2, -0.15) is 0 Å². The van der Waals surface area contributed by atoms with Crippen molar-refractivity contribution >= 4 is 39.1 Å². The second-order valence-electron chi connectivity index (χ2n) is 4.84. The summed E-state index contributed by atoms with van der Waals surface area (Å²) >= 11 is 15.5. The van der Waals surface area contributed by atoms with E-state index in [1.165, 1.54) is 11.1 Å². The van der Waals surface area contributed by atoms with Crippen LogP contribution in [0.1, 0.15) is 37.1 Å². The van der Waals surface area contributed by atoms with E-state index < -0.39 is 0 Å². The lowest BCUT2D eigenvalue weighted by Gasteiger charge is -2.21. The Morgan fingerprint density at radius 3 is 2.20 bits per heavy atom. The van der Waals surface area contributed by atoms with Crippen LogP contribution in [0.2, 0.25) is 10.0 Å². The minimum atomic E-state index is 0.220. The van der Waals surface area contributed by atoms with E-state index in [-0.39, 0.29) is 12.1 Å². The summed E-state index contributed by atoms with van der Waals surface area (Å²) in [4.78, 5) is 0. The minimum Gasteiger partial charge on any atom is -0.304 e. The lowest BCUT2D eigenvalue weighted by atomic mass is 10.0. The molecule has 0 spiro atoms. The first kappa shape index (κ1) is 15.8. The molecule has 0 saturated carbocycles. The Hall–Kier alpha value is -0.540. The third-order valence-corrected chi connectivity index (χ3v) is 4.74. The molecule has 1 N–H and O–H groups in total. The van der Waals surface area contributed by atoms with E-state index in [1.807, 2.05) is 36.4 Å². The number of rotatable bonds is 4. The molecule has 2 aromatic rings. The largest absolute Gasteiger partial charge is 0.304 e. The summed E-state index contributed by atoms with van der Waals surface area (Å²) in [5, 5.41) is 5.05. The van der Waals surface area contributed by atoms with Gasteiger partial charge < -0.3 is 5.32 Å². The molecule has 0 heterocycles. The van der Waals surface area contributed by atoms with Gasteiger partial charge in [-0.15, -0.1) is 0 Å². The molecule has 0 amide bonds. The summed E-state index contributed by atoms with van der Waals surface area (Å²) < 4.78 is 0.917. The molecule has 2 aromatic carbocycles. The van der Waals surface area contributed by atoms with Crippen molar-refractivity contribution in [3.8, 4) is 0 Å². The second kappa shape index (κ2) is 6.95. The van der Waals surface area contributed by atoms with E-state index in [0.717, 1.165) is 14.5 Å². The molecule has 4 heteroatoms. The average Bonchev–Trinajstić information content (AvgIpc) is 2.41. The van der Waals surface area contributed by atoms with Crippen LogP contribution >= 0.6 is 39.1 Å². The van der Waals surface area contributed by atoms with Crippen LogP contribution in [0, 0.1) is 0 Å². The molecule has 20 heavy (non-hydrogen) atoms. The zero-order chi connectivity index (χ0) is 14.7. The quantitative estimate of drug-likeness (QED) is 0.676. The predicted molar refractivity (Wildman–Crippen MR) is 90.6 cm³/mol. The van der Waals surface area contributed by atoms with Crippen LogP contribution in [-0.2, 0) is 0 Å². The van der Waals surface area contributed by atoms with E-state index in [9.17, 15) is 0 Å². The fourth-order valence-corrected chi connectivity index (χ4v) is 2.84. The predicted octanol–water partition coefficient (Wildman–Crippen LogP) is 6.17. The number of hydrogen-bond donors (Lipinski definition) is 1. The Labute approximate surface area is 138 Å². The molecule has 106 valence electrons. The van der Waals surface area contributed by atoms with Crippen molar-refractivity contribution in [2.75, 3.05) is 0 Å². The number of benzene rings is 2. The summed E-state index contributed by atoms with van der Waals surface area (Å²) in [7, 11) is 0. The zero-order valence-electron chi connectivity index (χ0n) is 11.3. The third kappa shape index (κ3) is 3.98. The van der Waals surface area contributed by atoms with E-state index in [2.05, 4.69) is 41.2 Å². The fraction of sp³-hybridized carbons (Fsp3) is 0.250. The van der Waals surface area contributed by atoms with Crippen molar-refractivity contribution in [1.29, 1.82) is 0 Å². The van der Waals surface area contributed by atoms with E-state index >= 15 is 0 Å². The molecule has 1 nitrogen and oxygen atoms in total. The standard InChI is InChI=1S/C16H16BrCl2N/c1-10(12-4-3-5-14(18)8-12)20-11(2)13-6-7-16(19)15(17)9-13/h3-11,20H,1-2H3. The maximum atomic E-state index is 6.03. The van der Waals surface area contributed by atoms with Crippen LogP contribution < -0.4 is 5.32 Å². The van der Waals surface area contributed by atoms with Crippen molar-refractivity contribution < 1.29 is 0 Å². The van der Waals surface area contributed by atoms with Gasteiger partial charge in [0.15, 0.2) is 0 Å². The van der Waals surface area contributed by atoms with Crippen molar-refractivity contribution in [2.24, 2.45) is 0 Å². The fourth-order valence-electron chi connectivity index (χ4n) is 2.13. The van der Waals surface area contributed by atoms with Crippen molar-refractivity contribution in [3.05, 3.63) is 68.1 Å². The molecule has 0 aromatic heterocycles. The minimum absolute atomic E-state index is 0.220. The van der Waals surface area contributed by atoms with Crippen LogP contribution in [-0.4, -0.2) is 0 Å². The van der Waals surface area contributed by atoms with Crippen molar-refractivity contribution in [2.45, 2.75) is 25.9 Å². The highest BCUT2D eigenvalue weighted by atomic mass is 79.9. The molecule has 2 rings (SSSR count). The Balaban J connectivity index is 2.10. The van der Waals surface area contributed by atoms with Gasteiger partial charge >= 0.3 is 0 Å². The first-order valence-corrected chi connectivity index (χ1v) is 7.98. The van der Waals surface area contributed by atoms with Gasteiger partial charge in [-0.1, -0.05) is 41.4 Å². The maximum Gasteiger partial charge on any atom is 0.0548 e. The number of halogens is 3. The monoisotopic (exact) mass is 371 g/mol. The zero-order valence-corrected chi connectivity index (χ0v) is 14.4. The maximum absolute atomic E-state index is 6.03. The van der Waals surface area contributed by atoms with Gasteiger partial charge in [-0.05, 0) is 65.2 Å².